The van der Waals surface area contributed by atoms with Gasteiger partial charge in [0, 0.05) is 10.4 Å². The van der Waals surface area contributed by atoms with Gasteiger partial charge in [-0.05, 0) is 48.3 Å². The molecule has 0 saturated heterocycles. The molecule has 0 amide bonds. The summed E-state index contributed by atoms with van der Waals surface area (Å²) in [6.07, 6.45) is 0.976. The highest BCUT2D eigenvalue weighted by Crippen LogP contribution is 2.53. The van der Waals surface area contributed by atoms with Crippen LogP contribution in [0.1, 0.15) is 97.5 Å². The summed E-state index contributed by atoms with van der Waals surface area (Å²) in [5.74, 6) is -1.70. The number of aromatic carboxylic acids is 1. The van der Waals surface area contributed by atoms with E-state index in [1.165, 1.54) is 36.1 Å². The van der Waals surface area contributed by atoms with E-state index in [-0.39, 0.29) is 28.0 Å². The first-order valence-corrected chi connectivity index (χ1v) is 12.7. The van der Waals surface area contributed by atoms with Crippen molar-refractivity contribution in [3.05, 3.63) is 57.3 Å². The van der Waals surface area contributed by atoms with Crippen LogP contribution in [0.3, 0.4) is 0 Å². The normalized spacial score (nSPS) is 25.5. The molecule has 0 aliphatic heterocycles. The van der Waals surface area contributed by atoms with Crippen molar-refractivity contribution in [1.29, 1.82) is 0 Å². The van der Waals surface area contributed by atoms with Crippen molar-refractivity contribution in [2.24, 2.45) is 5.92 Å². The first-order valence-electron chi connectivity index (χ1n) is 11.8. The maximum atomic E-state index is 16.1. The zero-order chi connectivity index (χ0) is 24.0. The third kappa shape index (κ3) is 5.44. The van der Waals surface area contributed by atoms with Crippen LogP contribution < -0.4 is 0 Å². The lowest BCUT2D eigenvalue weighted by atomic mass is 9.62. The van der Waals surface area contributed by atoms with E-state index < -0.39 is 36.1 Å². The Morgan fingerprint density at radius 2 is 1.85 bits per heavy atom. The van der Waals surface area contributed by atoms with Crippen LogP contribution in [-0.4, -0.2) is 23.4 Å². The number of unbranched alkanes of at least 4 members (excludes halogenated alkanes) is 5. The maximum absolute atomic E-state index is 16.1. The van der Waals surface area contributed by atoms with E-state index in [0.717, 1.165) is 43.4 Å². The topological polar surface area (TPSA) is 37.3 Å². The summed E-state index contributed by atoms with van der Waals surface area (Å²) in [6, 6.07) is 7.21. The second kappa shape index (κ2) is 11.5. The molecule has 0 radical (unpaired) electrons. The highest BCUT2D eigenvalue weighted by Gasteiger charge is 2.54. The van der Waals surface area contributed by atoms with Crippen molar-refractivity contribution in [3.63, 3.8) is 0 Å². The maximum Gasteiger partial charge on any atom is 0.335 e. The fourth-order valence-electron chi connectivity index (χ4n) is 5.14. The van der Waals surface area contributed by atoms with Crippen molar-refractivity contribution in [2.45, 2.75) is 88.9 Å². The van der Waals surface area contributed by atoms with Crippen LogP contribution >= 0.6 is 11.3 Å². The van der Waals surface area contributed by atoms with E-state index in [0.29, 0.717) is 12.8 Å². The smallest absolute Gasteiger partial charge is 0.335 e. The Morgan fingerprint density at radius 1 is 1.15 bits per heavy atom. The Balaban J connectivity index is 1.91. The second-order valence-corrected chi connectivity index (χ2v) is 9.98. The summed E-state index contributed by atoms with van der Waals surface area (Å²) in [7, 11) is 0. The van der Waals surface area contributed by atoms with Gasteiger partial charge in [0.05, 0.1) is 11.0 Å². The van der Waals surface area contributed by atoms with Gasteiger partial charge in [-0.15, -0.1) is 11.3 Å². The lowest BCUT2D eigenvalue weighted by Crippen LogP contribution is -2.50. The number of thiophene rings is 1. The summed E-state index contributed by atoms with van der Waals surface area (Å²) < 4.78 is 58.3. The minimum absolute atomic E-state index is 0.117. The molecule has 3 rings (SSSR count). The molecule has 1 aromatic heterocycles. The average molecular weight is 485 g/mol. The van der Waals surface area contributed by atoms with Crippen LogP contribution in [0.4, 0.5) is 17.6 Å². The van der Waals surface area contributed by atoms with Crippen molar-refractivity contribution in [3.8, 4) is 0 Å². The van der Waals surface area contributed by atoms with Crippen molar-refractivity contribution in [2.75, 3.05) is 0 Å². The number of carboxylic acid groups (broad SMARTS) is 1. The summed E-state index contributed by atoms with van der Waals surface area (Å²) >= 11 is 0.955. The molecule has 1 aromatic carbocycles. The van der Waals surface area contributed by atoms with Gasteiger partial charge >= 0.3 is 5.97 Å². The number of alkyl halides is 4. The fraction of sp³-hybridized carbons (Fsp3) is 0.577. The summed E-state index contributed by atoms with van der Waals surface area (Å²) in [4.78, 5) is 12.2. The molecule has 0 spiro atoms. The van der Waals surface area contributed by atoms with E-state index in [1.54, 1.807) is 6.07 Å². The largest absolute Gasteiger partial charge is 0.478 e. The van der Waals surface area contributed by atoms with E-state index >= 15 is 8.78 Å². The predicted molar refractivity (Wildman–Crippen MR) is 124 cm³/mol. The number of hydrogen-bond donors (Lipinski definition) is 1. The minimum Gasteiger partial charge on any atom is -0.478 e. The first kappa shape index (κ1) is 25.7. The van der Waals surface area contributed by atoms with Gasteiger partial charge in [-0.2, -0.15) is 0 Å². The number of carboxylic acids is 1. The molecule has 1 N–H and O–H groups in total. The molecule has 1 fully saturated rings. The standard InChI is InChI=1S/C26H32F4O2S/c1-2-3-4-5-6-7-10-17-13-14-26(23(28)22(17)27,21-15-18(16-33-21)24(29)30)20-12-9-8-11-19(20)25(31)32/h8-9,11-12,15-17,22-24H,2-7,10,13-14H2,1H3,(H,31,32). The molecule has 7 heteroatoms. The van der Waals surface area contributed by atoms with Gasteiger partial charge in [0.25, 0.3) is 6.43 Å². The third-order valence-electron chi connectivity index (χ3n) is 6.99. The van der Waals surface area contributed by atoms with Crippen molar-refractivity contribution in [1.82, 2.24) is 0 Å². The summed E-state index contributed by atoms with van der Waals surface area (Å²) in [5, 5.41) is 11.0. The van der Waals surface area contributed by atoms with Crippen LogP contribution in [0.25, 0.3) is 0 Å². The van der Waals surface area contributed by atoms with Crippen LogP contribution in [0.5, 0.6) is 0 Å². The monoisotopic (exact) mass is 484 g/mol. The van der Waals surface area contributed by atoms with E-state index in [4.69, 9.17) is 0 Å². The number of halogens is 4. The van der Waals surface area contributed by atoms with Crippen LogP contribution in [0.15, 0.2) is 35.7 Å². The third-order valence-corrected chi connectivity index (χ3v) is 8.11. The Bertz CT molecular complexity index is 915. The zero-order valence-electron chi connectivity index (χ0n) is 18.9. The molecule has 0 bridgehead atoms. The van der Waals surface area contributed by atoms with Gasteiger partial charge in [-0.25, -0.2) is 22.4 Å². The Labute approximate surface area is 197 Å². The molecule has 1 aliphatic carbocycles. The van der Waals surface area contributed by atoms with E-state index in [1.807, 2.05) is 0 Å². The van der Waals surface area contributed by atoms with Gasteiger partial charge in [0.2, 0.25) is 0 Å². The number of benzene rings is 1. The highest BCUT2D eigenvalue weighted by molar-refractivity contribution is 7.10. The van der Waals surface area contributed by atoms with E-state index in [2.05, 4.69) is 6.92 Å². The molecule has 1 aliphatic rings. The quantitative estimate of drug-likeness (QED) is 0.256. The first-order chi connectivity index (χ1) is 15.8. The molecular weight excluding hydrogens is 452 g/mol. The second-order valence-electron chi connectivity index (χ2n) is 9.07. The molecule has 33 heavy (non-hydrogen) atoms. The number of hydrogen-bond acceptors (Lipinski definition) is 2. The summed E-state index contributed by atoms with van der Waals surface area (Å²) in [5.41, 5.74) is -1.80. The minimum atomic E-state index is -2.73. The predicted octanol–water partition coefficient (Wildman–Crippen LogP) is 8.51. The van der Waals surface area contributed by atoms with Gasteiger partial charge in [-0.1, -0.05) is 63.6 Å². The molecule has 2 nitrogen and oxygen atoms in total. The Kier molecular flexibility index (Phi) is 8.96. The SMILES string of the molecule is CCCCCCCCC1CCC(c2cc(C(F)F)cs2)(c2ccccc2C(=O)O)C(F)C1F. The summed E-state index contributed by atoms with van der Waals surface area (Å²) in [6.45, 7) is 2.14. The molecule has 182 valence electrons. The molecule has 2 aromatic rings. The average Bonchev–Trinajstić information content (AvgIpc) is 3.30. The van der Waals surface area contributed by atoms with E-state index in [9.17, 15) is 18.7 Å². The van der Waals surface area contributed by atoms with Crippen molar-refractivity contribution >= 4 is 17.3 Å². The molecular formula is C26H32F4O2S. The molecule has 1 heterocycles. The number of carbonyl (C=O) groups is 1. The van der Waals surface area contributed by atoms with Crippen LogP contribution in [0.2, 0.25) is 0 Å². The number of rotatable bonds is 11. The molecule has 1 saturated carbocycles. The molecule has 4 atom stereocenters. The lowest BCUT2D eigenvalue weighted by molar-refractivity contribution is 0.0148. The van der Waals surface area contributed by atoms with Gasteiger partial charge < -0.3 is 5.11 Å². The Morgan fingerprint density at radius 3 is 2.52 bits per heavy atom. The van der Waals surface area contributed by atoms with Crippen LogP contribution in [-0.2, 0) is 5.41 Å². The van der Waals surface area contributed by atoms with Gasteiger partial charge in [0.15, 0.2) is 0 Å². The Hall–Kier alpha value is -1.89. The van der Waals surface area contributed by atoms with Gasteiger partial charge in [-0.3, -0.25) is 0 Å². The van der Waals surface area contributed by atoms with Crippen LogP contribution in [0, 0.1) is 5.92 Å². The van der Waals surface area contributed by atoms with Gasteiger partial charge in [0.1, 0.15) is 12.3 Å². The zero-order valence-corrected chi connectivity index (χ0v) is 19.7. The fourth-order valence-corrected chi connectivity index (χ4v) is 6.32. The molecule has 4 unspecified atom stereocenters. The van der Waals surface area contributed by atoms with Crippen molar-refractivity contribution < 1.29 is 27.5 Å². The highest BCUT2D eigenvalue weighted by atomic mass is 32.1. The lowest BCUT2D eigenvalue weighted by Gasteiger charge is -2.45.